The fraction of sp³-hybridized carbons (Fsp3) is 0.364. The van der Waals surface area contributed by atoms with Gasteiger partial charge in [-0.15, -0.1) is 0 Å². The van der Waals surface area contributed by atoms with Gasteiger partial charge in [-0.05, 0) is 42.9 Å². The van der Waals surface area contributed by atoms with Gasteiger partial charge >= 0.3 is 0 Å². The van der Waals surface area contributed by atoms with Crippen LogP contribution in [0.25, 0.3) is 22.1 Å². The van der Waals surface area contributed by atoms with Gasteiger partial charge in [-0.2, -0.15) is 8.42 Å². The standard InChI is InChI=1S/C22H25N5O5S2/c1-15-5-3-4-6-17(15)34(31,32)21-18-19(16-7-10-23-20(16)25-21)27(14-24-18)26-11-8-22(2,9-12-26)13-33(28,29)30/h3-7,10,14H,8-9,11-13H2,1-2H3,(H,23,25)(H,28,29,30). The number of aromatic nitrogens is 4. The van der Waals surface area contributed by atoms with Gasteiger partial charge in [0.1, 0.15) is 23.0 Å². The summed E-state index contributed by atoms with van der Waals surface area (Å²) >= 11 is 0. The minimum atomic E-state index is -4.08. The quantitative estimate of drug-likeness (QED) is 0.397. The molecule has 0 atom stereocenters. The molecule has 1 aliphatic rings. The van der Waals surface area contributed by atoms with E-state index in [-0.39, 0.29) is 21.2 Å². The molecule has 5 rings (SSSR count). The highest BCUT2D eigenvalue weighted by atomic mass is 32.2. The van der Waals surface area contributed by atoms with Crippen molar-refractivity contribution in [1.29, 1.82) is 0 Å². The number of aromatic amines is 1. The largest absolute Gasteiger partial charge is 0.346 e. The number of fused-ring (bicyclic) bond motifs is 3. The topological polar surface area (TPSA) is 138 Å². The molecule has 34 heavy (non-hydrogen) atoms. The molecule has 0 amide bonds. The molecule has 0 unspecified atom stereocenters. The number of hydrogen-bond donors (Lipinski definition) is 2. The summed E-state index contributed by atoms with van der Waals surface area (Å²) in [5, 5.41) is 2.64. The number of H-pyrrole nitrogens is 1. The fourth-order valence-electron chi connectivity index (χ4n) is 4.74. The summed E-state index contributed by atoms with van der Waals surface area (Å²) in [5.41, 5.74) is 1.43. The average Bonchev–Trinajstić information content (AvgIpc) is 3.39. The van der Waals surface area contributed by atoms with Crippen molar-refractivity contribution in [3.05, 3.63) is 48.4 Å². The zero-order chi connectivity index (χ0) is 24.3. The smallest absolute Gasteiger partial charge is 0.265 e. The molecular weight excluding hydrogens is 478 g/mol. The summed E-state index contributed by atoms with van der Waals surface area (Å²) in [6.45, 7) is 4.63. The number of imidazole rings is 1. The first-order valence-electron chi connectivity index (χ1n) is 10.8. The molecule has 1 aliphatic heterocycles. The van der Waals surface area contributed by atoms with Gasteiger partial charge in [0.2, 0.25) is 9.84 Å². The third-order valence-electron chi connectivity index (χ3n) is 6.57. The third kappa shape index (κ3) is 3.85. The summed E-state index contributed by atoms with van der Waals surface area (Å²) in [7, 11) is -8.02. The summed E-state index contributed by atoms with van der Waals surface area (Å²) in [4.78, 5) is 12.1. The first-order valence-corrected chi connectivity index (χ1v) is 13.9. The Bertz CT molecular complexity index is 1610. The molecule has 1 aromatic carbocycles. The van der Waals surface area contributed by atoms with E-state index >= 15 is 0 Å². The number of rotatable bonds is 5. The van der Waals surface area contributed by atoms with E-state index < -0.39 is 25.4 Å². The molecule has 0 bridgehead atoms. The molecule has 180 valence electrons. The van der Waals surface area contributed by atoms with E-state index in [0.29, 0.717) is 42.7 Å². The van der Waals surface area contributed by atoms with Gasteiger partial charge in [-0.3, -0.25) is 4.55 Å². The molecule has 0 aliphatic carbocycles. The molecule has 0 spiro atoms. The van der Waals surface area contributed by atoms with Crippen LogP contribution in [0.5, 0.6) is 0 Å². The molecule has 1 fully saturated rings. The molecular formula is C22H25N5O5S2. The van der Waals surface area contributed by atoms with E-state index in [1.807, 2.05) is 22.7 Å². The number of piperidine rings is 1. The van der Waals surface area contributed by atoms with Crippen molar-refractivity contribution in [3.8, 4) is 0 Å². The average molecular weight is 504 g/mol. The van der Waals surface area contributed by atoms with E-state index in [9.17, 15) is 21.4 Å². The summed E-state index contributed by atoms with van der Waals surface area (Å²) in [5.74, 6) is -0.288. The zero-order valence-electron chi connectivity index (χ0n) is 18.8. The molecule has 3 aromatic heterocycles. The van der Waals surface area contributed by atoms with E-state index in [1.165, 1.54) is 0 Å². The van der Waals surface area contributed by atoms with Crippen LogP contribution >= 0.6 is 0 Å². The predicted octanol–water partition coefficient (Wildman–Crippen LogP) is 2.68. The molecule has 2 N–H and O–H groups in total. The van der Waals surface area contributed by atoms with Gasteiger partial charge in [0, 0.05) is 24.7 Å². The highest BCUT2D eigenvalue weighted by Gasteiger charge is 2.35. The Kier molecular flexibility index (Phi) is 5.22. The monoisotopic (exact) mass is 503 g/mol. The number of hydrogen-bond acceptors (Lipinski definition) is 7. The van der Waals surface area contributed by atoms with E-state index in [1.54, 1.807) is 43.7 Å². The van der Waals surface area contributed by atoms with Gasteiger partial charge in [0.05, 0.1) is 10.6 Å². The van der Waals surface area contributed by atoms with Crippen molar-refractivity contribution >= 4 is 42.0 Å². The lowest BCUT2D eigenvalue weighted by atomic mass is 9.83. The van der Waals surface area contributed by atoms with Gasteiger partial charge < -0.3 is 9.99 Å². The van der Waals surface area contributed by atoms with Crippen molar-refractivity contribution in [3.63, 3.8) is 0 Å². The van der Waals surface area contributed by atoms with Gasteiger partial charge in [0.25, 0.3) is 10.1 Å². The molecule has 10 nitrogen and oxygen atoms in total. The predicted molar refractivity (Wildman–Crippen MR) is 128 cm³/mol. The summed E-state index contributed by atoms with van der Waals surface area (Å²) in [6, 6.07) is 8.61. The van der Waals surface area contributed by atoms with Crippen LogP contribution in [0.2, 0.25) is 0 Å². The Morgan fingerprint density at radius 3 is 2.50 bits per heavy atom. The van der Waals surface area contributed by atoms with Crippen molar-refractivity contribution in [2.24, 2.45) is 5.41 Å². The molecule has 4 aromatic rings. The van der Waals surface area contributed by atoms with Crippen LogP contribution in [-0.4, -0.2) is 59.9 Å². The number of nitrogens with one attached hydrogen (secondary N) is 1. The molecule has 4 heterocycles. The lowest BCUT2D eigenvalue weighted by molar-refractivity contribution is 0.256. The normalized spacial score (nSPS) is 17.0. The second-order valence-corrected chi connectivity index (χ2v) is 12.5. The van der Waals surface area contributed by atoms with Crippen LogP contribution in [0.3, 0.4) is 0 Å². The Labute approximate surface area is 197 Å². The lowest BCUT2D eigenvalue weighted by Gasteiger charge is -2.40. The second-order valence-electron chi connectivity index (χ2n) is 9.20. The van der Waals surface area contributed by atoms with Gasteiger partial charge in [-0.1, -0.05) is 25.1 Å². The number of aryl methyl sites for hydroxylation is 1. The molecule has 0 radical (unpaired) electrons. The van der Waals surface area contributed by atoms with E-state index in [2.05, 4.69) is 15.0 Å². The van der Waals surface area contributed by atoms with E-state index in [4.69, 9.17) is 0 Å². The minimum absolute atomic E-state index is 0.112. The lowest BCUT2D eigenvalue weighted by Crippen LogP contribution is -2.46. The maximum absolute atomic E-state index is 13.6. The van der Waals surface area contributed by atoms with Crippen molar-refractivity contribution in [2.75, 3.05) is 23.9 Å². The number of nitrogens with zero attached hydrogens (tertiary/aromatic N) is 4. The van der Waals surface area contributed by atoms with Crippen molar-refractivity contribution < 1.29 is 21.4 Å². The molecule has 12 heteroatoms. The summed E-state index contributed by atoms with van der Waals surface area (Å²) in [6.07, 6.45) is 4.38. The second kappa shape index (κ2) is 7.79. The number of benzene rings is 1. The van der Waals surface area contributed by atoms with Gasteiger partial charge in [-0.25, -0.2) is 23.1 Å². The minimum Gasteiger partial charge on any atom is -0.346 e. The summed E-state index contributed by atoms with van der Waals surface area (Å²) < 4.78 is 61.3. The van der Waals surface area contributed by atoms with Crippen LogP contribution in [0, 0.1) is 12.3 Å². The number of pyridine rings is 1. The van der Waals surface area contributed by atoms with Crippen LogP contribution < -0.4 is 5.01 Å². The third-order valence-corrected chi connectivity index (χ3v) is 9.46. The Morgan fingerprint density at radius 2 is 1.82 bits per heavy atom. The van der Waals surface area contributed by atoms with Crippen molar-refractivity contribution in [2.45, 2.75) is 36.6 Å². The maximum Gasteiger partial charge on any atom is 0.265 e. The first-order chi connectivity index (χ1) is 16.0. The van der Waals surface area contributed by atoms with Crippen LogP contribution in [0.15, 0.2) is 52.8 Å². The Hall–Kier alpha value is -2.96. The molecule has 0 saturated carbocycles. The Balaban J connectivity index is 1.61. The SMILES string of the molecule is Cc1ccccc1S(=O)(=O)c1nc2[nH]ccc2c2c1ncn2N1CCC(C)(CS(=O)(=O)O)CC1. The van der Waals surface area contributed by atoms with Crippen LogP contribution in [-0.2, 0) is 20.0 Å². The molecule has 1 saturated heterocycles. The number of sulfone groups is 1. The van der Waals surface area contributed by atoms with Crippen LogP contribution in [0.4, 0.5) is 0 Å². The van der Waals surface area contributed by atoms with E-state index in [0.717, 1.165) is 5.39 Å². The fourth-order valence-corrected chi connectivity index (χ4v) is 7.49. The maximum atomic E-state index is 13.6. The van der Waals surface area contributed by atoms with Gasteiger partial charge in [0.15, 0.2) is 5.03 Å². The zero-order valence-corrected chi connectivity index (χ0v) is 20.4. The van der Waals surface area contributed by atoms with Crippen molar-refractivity contribution in [1.82, 2.24) is 19.6 Å². The highest BCUT2D eigenvalue weighted by molar-refractivity contribution is 7.91. The first kappa shape index (κ1) is 22.8. The highest BCUT2D eigenvalue weighted by Crippen LogP contribution is 2.35. The van der Waals surface area contributed by atoms with Crippen LogP contribution in [0.1, 0.15) is 25.3 Å². The Morgan fingerprint density at radius 1 is 1.12 bits per heavy atom.